The van der Waals surface area contributed by atoms with Crippen LogP contribution in [0.3, 0.4) is 0 Å². The van der Waals surface area contributed by atoms with Gasteiger partial charge in [-0.15, -0.1) is 6.58 Å². The van der Waals surface area contributed by atoms with E-state index in [1.807, 2.05) is 44.2 Å². The van der Waals surface area contributed by atoms with Crippen LogP contribution in [0.15, 0.2) is 82.9 Å². The second-order valence-electron chi connectivity index (χ2n) is 8.88. The standard InChI is InChI=1S/C26H33NO5SSi/c1-7-25(26(29)32-4)27(33(30,31)24-15-13-20(2)14-16-24)17-23(18-28)21(3)34(5,6)19-22-11-9-8-10-12-22/h7-16,18,25H,1,17,19H2,2-6H3/b23-21-/t25-/m0/s1. The van der Waals surface area contributed by atoms with Crippen LogP contribution in [0.2, 0.25) is 13.1 Å². The van der Waals surface area contributed by atoms with E-state index in [2.05, 4.69) is 19.7 Å². The highest BCUT2D eigenvalue weighted by Crippen LogP contribution is 2.26. The summed E-state index contributed by atoms with van der Waals surface area (Å²) in [6.07, 6.45) is 1.92. The van der Waals surface area contributed by atoms with Gasteiger partial charge in [0.25, 0.3) is 0 Å². The number of carbonyl (C=O) groups is 2. The molecule has 0 aliphatic rings. The smallest absolute Gasteiger partial charge is 0.328 e. The quantitative estimate of drug-likeness (QED) is 0.152. The first-order chi connectivity index (χ1) is 16.0. The van der Waals surface area contributed by atoms with Crippen LogP contribution in [0.25, 0.3) is 0 Å². The number of allylic oxidation sites excluding steroid dienone is 1. The largest absolute Gasteiger partial charge is 0.468 e. The zero-order valence-corrected chi connectivity index (χ0v) is 22.3. The molecule has 0 amide bonds. The Morgan fingerprint density at radius 1 is 1.12 bits per heavy atom. The topological polar surface area (TPSA) is 80.8 Å². The Morgan fingerprint density at radius 3 is 2.21 bits per heavy atom. The number of aryl methyl sites for hydroxylation is 1. The van der Waals surface area contributed by atoms with Gasteiger partial charge in [0.1, 0.15) is 12.3 Å². The van der Waals surface area contributed by atoms with E-state index in [-0.39, 0.29) is 11.4 Å². The summed E-state index contributed by atoms with van der Waals surface area (Å²) in [6.45, 7) is 11.4. The molecule has 2 aromatic carbocycles. The number of sulfonamides is 1. The number of esters is 1. The number of methoxy groups -OCH3 is 1. The fourth-order valence-electron chi connectivity index (χ4n) is 3.72. The third-order valence-electron chi connectivity index (χ3n) is 6.06. The van der Waals surface area contributed by atoms with Crippen molar-refractivity contribution in [2.24, 2.45) is 0 Å². The monoisotopic (exact) mass is 499 g/mol. The van der Waals surface area contributed by atoms with Crippen LogP contribution < -0.4 is 0 Å². The molecular weight excluding hydrogens is 466 g/mol. The molecule has 182 valence electrons. The average Bonchev–Trinajstić information content (AvgIpc) is 2.81. The van der Waals surface area contributed by atoms with Crippen molar-refractivity contribution in [2.45, 2.75) is 43.9 Å². The highest BCUT2D eigenvalue weighted by atomic mass is 32.2. The van der Waals surface area contributed by atoms with Crippen LogP contribution >= 0.6 is 0 Å². The van der Waals surface area contributed by atoms with Crippen molar-refractivity contribution < 1.29 is 22.7 Å². The molecule has 0 fully saturated rings. The van der Waals surface area contributed by atoms with E-state index in [1.54, 1.807) is 12.1 Å². The maximum atomic E-state index is 13.6. The van der Waals surface area contributed by atoms with Crippen LogP contribution in [0.5, 0.6) is 0 Å². The molecule has 34 heavy (non-hydrogen) atoms. The lowest BCUT2D eigenvalue weighted by molar-refractivity contribution is -0.143. The Morgan fingerprint density at radius 2 is 1.71 bits per heavy atom. The average molecular weight is 500 g/mol. The summed E-state index contributed by atoms with van der Waals surface area (Å²) < 4.78 is 33.1. The van der Waals surface area contributed by atoms with E-state index in [9.17, 15) is 18.0 Å². The van der Waals surface area contributed by atoms with E-state index in [4.69, 9.17) is 4.74 Å². The molecule has 0 saturated heterocycles. The van der Waals surface area contributed by atoms with Crippen LogP contribution in [-0.4, -0.2) is 52.7 Å². The van der Waals surface area contributed by atoms with Gasteiger partial charge >= 0.3 is 5.97 Å². The van der Waals surface area contributed by atoms with Gasteiger partial charge in [-0.2, -0.15) is 4.31 Å². The van der Waals surface area contributed by atoms with Gasteiger partial charge in [-0.25, -0.2) is 13.2 Å². The van der Waals surface area contributed by atoms with Crippen molar-refractivity contribution in [3.8, 4) is 0 Å². The summed E-state index contributed by atoms with van der Waals surface area (Å²) in [6, 6.07) is 15.8. The van der Waals surface area contributed by atoms with Crippen molar-refractivity contribution in [1.29, 1.82) is 0 Å². The first kappa shape index (κ1) is 27.4. The first-order valence-corrected chi connectivity index (χ1v) is 15.6. The number of carbonyl (C=O) groups excluding carboxylic acids is 2. The number of benzene rings is 2. The molecule has 0 aliphatic carbocycles. The fourth-order valence-corrected chi connectivity index (χ4v) is 7.78. The van der Waals surface area contributed by atoms with Gasteiger partial charge in [0.2, 0.25) is 10.0 Å². The molecule has 1 atom stereocenters. The zero-order chi connectivity index (χ0) is 25.5. The Labute approximate surface area is 204 Å². The lowest BCUT2D eigenvalue weighted by Crippen LogP contribution is -2.46. The van der Waals surface area contributed by atoms with E-state index in [1.165, 1.54) is 25.3 Å². The Kier molecular flexibility index (Phi) is 9.32. The lowest BCUT2D eigenvalue weighted by Gasteiger charge is -2.30. The van der Waals surface area contributed by atoms with Crippen molar-refractivity contribution in [2.75, 3.05) is 13.7 Å². The van der Waals surface area contributed by atoms with Gasteiger partial charge in [-0.05, 0) is 32.0 Å². The third kappa shape index (κ3) is 6.40. The Bertz CT molecular complexity index is 1160. The minimum absolute atomic E-state index is 0.0255. The summed E-state index contributed by atoms with van der Waals surface area (Å²) >= 11 is 0. The van der Waals surface area contributed by atoms with E-state index < -0.39 is 30.1 Å². The number of hydrogen-bond donors (Lipinski definition) is 0. The van der Waals surface area contributed by atoms with Gasteiger partial charge in [0.05, 0.1) is 20.1 Å². The Balaban J connectivity index is 2.57. The second-order valence-corrected chi connectivity index (χ2v) is 15.6. The van der Waals surface area contributed by atoms with Gasteiger partial charge in [-0.1, -0.05) is 78.0 Å². The first-order valence-electron chi connectivity index (χ1n) is 11.0. The van der Waals surface area contributed by atoms with Gasteiger partial charge in [0.15, 0.2) is 0 Å². The number of ether oxygens (including phenoxy) is 1. The van der Waals surface area contributed by atoms with Crippen molar-refractivity contribution in [3.63, 3.8) is 0 Å². The SMILES string of the molecule is C=C[C@@H](C(=O)OC)N(C/C(C=O)=C(\C)[Si](C)(C)Cc1ccccc1)S(=O)(=O)c1ccc(C)cc1. The zero-order valence-electron chi connectivity index (χ0n) is 20.4. The highest BCUT2D eigenvalue weighted by Gasteiger charge is 2.37. The number of aldehydes is 1. The van der Waals surface area contributed by atoms with Crippen molar-refractivity contribution >= 4 is 30.4 Å². The number of nitrogens with zero attached hydrogens (tertiary/aromatic N) is 1. The third-order valence-corrected chi connectivity index (χ3v) is 11.5. The molecule has 0 heterocycles. The molecule has 8 heteroatoms. The summed E-state index contributed by atoms with van der Waals surface area (Å²) in [4.78, 5) is 24.8. The van der Waals surface area contributed by atoms with E-state index in [0.29, 0.717) is 11.9 Å². The predicted molar refractivity (Wildman–Crippen MR) is 137 cm³/mol. The van der Waals surface area contributed by atoms with Crippen LogP contribution in [-0.2, 0) is 30.4 Å². The maximum Gasteiger partial charge on any atom is 0.328 e. The van der Waals surface area contributed by atoms with Crippen LogP contribution in [0.1, 0.15) is 18.1 Å². The lowest BCUT2D eigenvalue weighted by atomic mass is 10.2. The molecule has 0 spiro atoms. The fraction of sp³-hybridized carbons (Fsp3) is 0.308. The molecule has 0 radical (unpaired) electrons. The molecule has 0 N–H and O–H groups in total. The van der Waals surface area contributed by atoms with Crippen molar-refractivity contribution in [3.05, 3.63) is 89.1 Å². The Hall–Kier alpha value is -2.81. The summed E-state index contributed by atoms with van der Waals surface area (Å²) in [5.74, 6) is -0.769. The molecule has 0 aliphatic heterocycles. The molecule has 0 bridgehead atoms. The minimum Gasteiger partial charge on any atom is -0.468 e. The van der Waals surface area contributed by atoms with Crippen LogP contribution in [0.4, 0.5) is 0 Å². The summed E-state index contributed by atoms with van der Waals surface area (Å²) in [5.41, 5.74) is 2.40. The van der Waals surface area contributed by atoms with Gasteiger partial charge < -0.3 is 4.74 Å². The highest BCUT2D eigenvalue weighted by molar-refractivity contribution is 7.89. The predicted octanol–water partition coefficient (Wildman–Crippen LogP) is 4.26. The van der Waals surface area contributed by atoms with Gasteiger partial charge in [0, 0.05) is 12.1 Å². The van der Waals surface area contributed by atoms with Crippen LogP contribution in [0, 0.1) is 6.92 Å². The molecule has 0 saturated carbocycles. The van der Waals surface area contributed by atoms with Crippen molar-refractivity contribution in [1.82, 2.24) is 4.31 Å². The second kappa shape index (κ2) is 11.5. The molecule has 0 unspecified atom stereocenters. The summed E-state index contributed by atoms with van der Waals surface area (Å²) in [5, 5.41) is 0.878. The minimum atomic E-state index is -4.14. The molecule has 2 aromatic rings. The molecule has 2 rings (SSSR count). The normalized spacial score (nSPS) is 13.7. The summed E-state index contributed by atoms with van der Waals surface area (Å²) in [7, 11) is -5.10. The molecule has 0 aromatic heterocycles. The van der Waals surface area contributed by atoms with E-state index >= 15 is 0 Å². The number of rotatable bonds is 11. The van der Waals surface area contributed by atoms with E-state index in [0.717, 1.165) is 26.7 Å². The van der Waals surface area contributed by atoms with Gasteiger partial charge in [-0.3, -0.25) is 4.79 Å². The molecular formula is C26H33NO5SSi. The molecule has 6 nitrogen and oxygen atoms in total. The number of hydrogen-bond acceptors (Lipinski definition) is 5. The maximum absolute atomic E-state index is 13.6.